The summed E-state index contributed by atoms with van der Waals surface area (Å²) in [6.07, 6.45) is -4.03. The Bertz CT molecular complexity index is 797. The largest absolute Gasteiger partial charge is 0.417 e. The van der Waals surface area contributed by atoms with Crippen LogP contribution in [-0.4, -0.2) is 29.7 Å². The summed E-state index contributed by atoms with van der Waals surface area (Å²) in [5.74, 6) is -0.777. The zero-order chi connectivity index (χ0) is 19.2. The molecule has 0 atom stereocenters. The molecule has 0 N–H and O–H groups in total. The lowest BCUT2D eigenvalue weighted by atomic mass is 10.0. The number of carbonyl (C=O) groups is 1. The van der Waals surface area contributed by atoms with Gasteiger partial charge in [0.15, 0.2) is 0 Å². The van der Waals surface area contributed by atoms with Gasteiger partial charge in [-0.05, 0) is 18.1 Å². The summed E-state index contributed by atoms with van der Waals surface area (Å²) >= 11 is 0. The first-order valence-electron chi connectivity index (χ1n) is 7.96. The maximum absolute atomic E-state index is 13.3. The highest BCUT2D eigenvalue weighted by atomic mass is 19.4. The van der Waals surface area contributed by atoms with E-state index in [-0.39, 0.29) is 11.3 Å². The number of rotatable bonds is 6. The molecular weight excluding hydrogens is 341 g/mol. The molecule has 0 aromatic heterocycles. The zero-order valence-corrected chi connectivity index (χ0v) is 14.5. The standard InChI is InChI=1S/C20H19F3N2O/c1-15(24-25(2)14-16-9-5-3-6-10-16)19(26)13-18(20(21,22)23)17-11-7-4-8-12-17/h3-13H,14H2,1-2H3/b18-13+,24-15+. The van der Waals surface area contributed by atoms with Crippen molar-refractivity contribution in [2.45, 2.75) is 19.6 Å². The number of halogens is 3. The van der Waals surface area contributed by atoms with Crippen molar-refractivity contribution in [2.75, 3.05) is 7.05 Å². The van der Waals surface area contributed by atoms with Crippen LogP contribution in [0.1, 0.15) is 18.1 Å². The molecule has 3 nitrogen and oxygen atoms in total. The van der Waals surface area contributed by atoms with Gasteiger partial charge in [0, 0.05) is 13.1 Å². The van der Waals surface area contributed by atoms with Gasteiger partial charge < -0.3 is 0 Å². The Kier molecular flexibility index (Phi) is 6.33. The summed E-state index contributed by atoms with van der Waals surface area (Å²) in [4.78, 5) is 12.2. The first-order valence-corrected chi connectivity index (χ1v) is 7.96. The number of nitrogens with zero attached hydrogens (tertiary/aromatic N) is 2. The molecule has 0 amide bonds. The third-order valence-electron chi connectivity index (χ3n) is 3.60. The summed E-state index contributed by atoms with van der Waals surface area (Å²) in [6, 6.07) is 16.7. The average Bonchev–Trinajstić information content (AvgIpc) is 2.59. The first kappa shape index (κ1) is 19.4. The Hall–Kier alpha value is -2.89. The van der Waals surface area contributed by atoms with E-state index in [1.165, 1.54) is 36.2 Å². The van der Waals surface area contributed by atoms with Crippen LogP contribution in [0.25, 0.3) is 5.57 Å². The quantitative estimate of drug-likeness (QED) is 0.425. The lowest BCUT2D eigenvalue weighted by Gasteiger charge is -2.14. The van der Waals surface area contributed by atoms with E-state index in [1.807, 2.05) is 30.3 Å². The van der Waals surface area contributed by atoms with E-state index in [0.717, 1.165) is 5.56 Å². The monoisotopic (exact) mass is 360 g/mol. The normalized spacial score (nSPS) is 12.8. The molecule has 0 radical (unpaired) electrons. The molecule has 0 aliphatic carbocycles. The minimum Gasteiger partial charge on any atom is -0.295 e. The molecule has 0 heterocycles. The van der Waals surface area contributed by atoms with Gasteiger partial charge in [0.25, 0.3) is 0 Å². The maximum Gasteiger partial charge on any atom is 0.417 e. The second-order valence-corrected chi connectivity index (χ2v) is 5.77. The van der Waals surface area contributed by atoms with Crippen LogP contribution in [0.15, 0.2) is 71.8 Å². The molecule has 6 heteroatoms. The van der Waals surface area contributed by atoms with Crippen LogP contribution in [0.5, 0.6) is 0 Å². The minimum absolute atomic E-state index is 0.0129. The molecule has 0 fully saturated rings. The van der Waals surface area contributed by atoms with Gasteiger partial charge in [-0.3, -0.25) is 9.80 Å². The molecule has 136 valence electrons. The van der Waals surface area contributed by atoms with Gasteiger partial charge in [-0.1, -0.05) is 60.7 Å². The van der Waals surface area contributed by atoms with Crippen molar-refractivity contribution in [3.8, 4) is 0 Å². The van der Waals surface area contributed by atoms with E-state index < -0.39 is 17.5 Å². The van der Waals surface area contributed by atoms with Crippen LogP contribution in [0.3, 0.4) is 0 Å². The number of hydrogen-bond donors (Lipinski definition) is 0. The fraction of sp³-hybridized carbons (Fsp3) is 0.200. The number of allylic oxidation sites excluding steroid dienone is 2. The number of ketones is 1. The third kappa shape index (κ3) is 5.58. The van der Waals surface area contributed by atoms with Crippen LogP contribution in [0, 0.1) is 0 Å². The Morgan fingerprint density at radius 3 is 2.12 bits per heavy atom. The molecule has 0 aliphatic rings. The SMILES string of the molecule is C/C(=N\N(C)Cc1ccccc1)C(=O)/C=C(\c1ccccc1)C(F)(F)F. The van der Waals surface area contributed by atoms with E-state index in [9.17, 15) is 18.0 Å². The van der Waals surface area contributed by atoms with Crippen LogP contribution < -0.4 is 0 Å². The van der Waals surface area contributed by atoms with E-state index in [4.69, 9.17) is 0 Å². The maximum atomic E-state index is 13.3. The highest BCUT2D eigenvalue weighted by molar-refractivity contribution is 6.44. The van der Waals surface area contributed by atoms with Crippen molar-refractivity contribution < 1.29 is 18.0 Å². The second-order valence-electron chi connectivity index (χ2n) is 5.77. The highest BCUT2D eigenvalue weighted by Gasteiger charge is 2.35. The Morgan fingerprint density at radius 1 is 1.04 bits per heavy atom. The summed E-state index contributed by atoms with van der Waals surface area (Å²) < 4.78 is 39.9. The number of benzene rings is 2. The van der Waals surface area contributed by atoms with Crippen LogP contribution in [0.4, 0.5) is 13.2 Å². The van der Waals surface area contributed by atoms with Crippen LogP contribution in [0.2, 0.25) is 0 Å². The van der Waals surface area contributed by atoms with Crippen molar-refractivity contribution in [3.63, 3.8) is 0 Å². The van der Waals surface area contributed by atoms with Gasteiger partial charge in [0.2, 0.25) is 5.78 Å². The predicted octanol–water partition coefficient (Wildman–Crippen LogP) is 4.71. The smallest absolute Gasteiger partial charge is 0.295 e. The molecule has 0 saturated heterocycles. The van der Waals surface area contributed by atoms with Crippen molar-refractivity contribution in [1.29, 1.82) is 0 Å². The number of hydrazone groups is 1. The topological polar surface area (TPSA) is 32.7 Å². The van der Waals surface area contributed by atoms with Gasteiger partial charge in [-0.15, -0.1) is 0 Å². The summed E-state index contributed by atoms with van der Waals surface area (Å²) in [6.45, 7) is 1.85. The second kappa shape index (κ2) is 8.47. The van der Waals surface area contributed by atoms with Gasteiger partial charge >= 0.3 is 6.18 Å². The molecule has 0 aliphatic heterocycles. The number of hydrogen-bond acceptors (Lipinski definition) is 3. The van der Waals surface area contributed by atoms with E-state index in [2.05, 4.69) is 5.10 Å². The first-order chi connectivity index (χ1) is 12.3. The summed E-state index contributed by atoms with van der Waals surface area (Å²) in [7, 11) is 1.66. The molecule has 2 rings (SSSR count). The Balaban J connectivity index is 2.20. The molecular formula is C20H19F3N2O. The lowest BCUT2D eigenvalue weighted by molar-refractivity contribution is -0.109. The lowest BCUT2D eigenvalue weighted by Crippen LogP contribution is -2.19. The van der Waals surface area contributed by atoms with Crippen molar-refractivity contribution >= 4 is 17.1 Å². The number of alkyl halides is 3. The highest BCUT2D eigenvalue weighted by Crippen LogP contribution is 2.33. The molecule has 0 saturated carbocycles. The van der Waals surface area contributed by atoms with Crippen molar-refractivity contribution in [3.05, 3.63) is 77.9 Å². The Labute approximate surface area is 150 Å². The number of carbonyl (C=O) groups excluding carboxylic acids is 1. The average molecular weight is 360 g/mol. The molecule has 0 unspecified atom stereocenters. The molecule has 2 aromatic carbocycles. The van der Waals surface area contributed by atoms with Gasteiger partial charge in [0.05, 0.1) is 12.1 Å². The zero-order valence-electron chi connectivity index (χ0n) is 14.5. The fourth-order valence-corrected chi connectivity index (χ4v) is 2.37. The molecule has 2 aromatic rings. The van der Waals surface area contributed by atoms with E-state index >= 15 is 0 Å². The molecule has 0 bridgehead atoms. The van der Waals surface area contributed by atoms with E-state index in [0.29, 0.717) is 12.6 Å². The van der Waals surface area contributed by atoms with Gasteiger partial charge in [-0.25, -0.2) is 0 Å². The van der Waals surface area contributed by atoms with E-state index in [1.54, 1.807) is 13.1 Å². The van der Waals surface area contributed by atoms with Gasteiger partial charge in [-0.2, -0.15) is 18.3 Å². The van der Waals surface area contributed by atoms with Crippen molar-refractivity contribution in [2.24, 2.45) is 5.10 Å². The van der Waals surface area contributed by atoms with Crippen LogP contribution >= 0.6 is 0 Å². The fourth-order valence-electron chi connectivity index (χ4n) is 2.37. The third-order valence-corrected chi connectivity index (χ3v) is 3.60. The molecule has 26 heavy (non-hydrogen) atoms. The summed E-state index contributed by atoms with van der Waals surface area (Å²) in [5.41, 5.74) is -0.0712. The van der Waals surface area contributed by atoms with Crippen molar-refractivity contribution in [1.82, 2.24) is 5.01 Å². The van der Waals surface area contributed by atoms with Crippen LogP contribution in [-0.2, 0) is 11.3 Å². The molecule has 0 spiro atoms. The Morgan fingerprint density at radius 2 is 1.58 bits per heavy atom. The summed E-state index contributed by atoms with van der Waals surface area (Å²) in [5, 5.41) is 5.61. The minimum atomic E-state index is -4.63. The predicted molar refractivity (Wildman–Crippen MR) is 96.5 cm³/mol. The van der Waals surface area contributed by atoms with Gasteiger partial charge in [0.1, 0.15) is 5.71 Å².